The Labute approximate surface area is 113 Å². The largest absolute Gasteiger partial charge is 0.396 e. The number of carbonyl (C=O) groups is 1. The number of amides is 1. The van der Waals surface area contributed by atoms with Gasteiger partial charge in [-0.2, -0.15) is 0 Å². The first kappa shape index (κ1) is 15.4. The van der Waals surface area contributed by atoms with Gasteiger partial charge in [0.05, 0.1) is 9.52 Å². The highest BCUT2D eigenvalue weighted by molar-refractivity contribution is 6.43. The lowest BCUT2D eigenvalue weighted by Gasteiger charge is -2.41. The van der Waals surface area contributed by atoms with E-state index < -0.39 is 9.52 Å². The average molecular weight is 269 g/mol. The summed E-state index contributed by atoms with van der Waals surface area (Å²) < 4.78 is 0. The predicted octanol–water partition coefficient (Wildman–Crippen LogP) is 1.51. The summed E-state index contributed by atoms with van der Waals surface area (Å²) in [5.41, 5.74) is 0.329. The fourth-order valence-corrected chi connectivity index (χ4v) is 4.55. The quantitative estimate of drug-likeness (QED) is 0.432. The third kappa shape index (κ3) is 3.95. The van der Waals surface area contributed by atoms with Gasteiger partial charge >= 0.3 is 0 Å². The second-order valence-corrected chi connectivity index (χ2v) is 9.26. The van der Waals surface area contributed by atoms with E-state index in [2.05, 4.69) is 33.8 Å². The van der Waals surface area contributed by atoms with Gasteiger partial charge in [-0.05, 0) is 17.4 Å². The summed E-state index contributed by atoms with van der Waals surface area (Å²) in [6, 6.07) is 0. The summed E-state index contributed by atoms with van der Waals surface area (Å²) in [6.45, 7) is 10.3. The van der Waals surface area contributed by atoms with Gasteiger partial charge in [-0.3, -0.25) is 4.79 Å². The standard InChI is InChI=1S/C14H27NO2Si/c1-11(2)14(3,4)18-13(7-5-6-10-16)15-9-8-12(15)17/h5,7,11,13,16H,6,8-10,18H2,1-4H3/t13-/m0/s1. The number of β-lactam (4-membered cyclic amide) rings is 1. The third-order valence-electron chi connectivity index (χ3n) is 4.24. The zero-order valence-electron chi connectivity index (χ0n) is 12.1. The number of carbonyl (C=O) groups excluding carboxylic acids is 1. The van der Waals surface area contributed by atoms with E-state index in [-0.39, 0.29) is 6.61 Å². The normalized spacial score (nSPS) is 19.2. The third-order valence-corrected chi connectivity index (χ3v) is 7.24. The second kappa shape index (κ2) is 6.52. The molecule has 4 heteroatoms. The van der Waals surface area contributed by atoms with Crippen LogP contribution in [0.4, 0.5) is 0 Å². The van der Waals surface area contributed by atoms with Crippen LogP contribution in [0.2, 0.25) is 5.04 Å². The van der Waals surface area contributed by atoms with E-state index in [9.17, 15) is 4.79 Å². The molecule has 1 aliphatic rings. The van der Waals surface area contributed by atoms with Gasteiger partial charge in [-0.25, -0.2) is 0 Å². The SMILES string of the molecule is CC(C)C(C)(C)[SiH2][C@@H](C=CCCO)N1CCC1=O. The molecular formula is C14H27NO2Si. The monoisotopic (exact) mass is 269 g/mol. The van der Waals surface area contributed by atoms with Gasteiger partial charge in [0.1, 0.15) is 0 Å². The van der Waals surface area contributed by atoms with Crippen LogP contribution in [-0.2, 0) is 4.79 Å². The lowest BCUT2D eigenvalue weighted by Crippen LogP contribution is -2.53. The molecule has 0 saturated carbocycles. The molecule has 1 atom stereocenters. The van der Waals surface area contributed by atoms with Crippen LogP contribution in [0.25, 0.3) is 0 Å². The van der Waals surface area contributed by atoms with Crippen molar-refractivity contribution in [3.63, 3.8) is 0 Å². The van der Waals surface area contributed by atoms with Crippen LogP contribution in [0.5, 0.6) is 0 Å². The van der Waals surface area contributed by atoms with Crippen LogP contribution in [0.15, 0.2) is 12.2 Å². The predicted molar refractivity (Wildman–Crippen MR) is 78.4 cm³/mol. The van der Waals surface area contributed by atoms with Gasteiger partial charge in [-0.15, -0.1) is 0 Å². The highest BCUT2D eigenvalue weighted by Crippen LogP contribution is 2.35. The van der Waals surface area contributed by atoms with Crippen molar-refractivity contribution < 1.29 is 9.90 Å². The summed E-state index contributed by atoms with van der Waals surface area (Å²) in [5, 5.41) is 9.19. The van der Waals surface area contributed by atoms with E-state index in [4.69, 9.17) is 5.11 Å². The maximum atomic E-state index is 11.6. The fraction of sp³-hybridized carbons (Fsp3) is 0.786. The molecule has 1 saturated heterocycles. The number of likely N-dealkylation sites (tertiary alicyclic amines) is 1. The molecule has 0 radical (unpaired) electrons. The molecule has 1 fully saturated rings. The summed E-state index contributed by atoms with van der Waals surface area (Å²) in [4.78, 5) is 13.6. The molecule has 0 bridgehead atoms. The van der Waals surface area contributed by atoms with Crippen LogP contribution in [-0.4, -0.2) is 44.2 Å². The molecule has 0 aromatic rings. The Morgan fingerprint density at radius 3 is 2.56 bits per heavy atom. The molecule has 1 amide bonds. The maximum absolute atomic E-state index is 11.6. The first-order chi connectivity index (χ1) is 8.38. The van der Waals surface area contributed by atoms with E-state index in [1.54, 1.807) is 0 Å². The van der Waals surface area contributed by atoms with Gasteiger partial charge in [0.2, 0.25) is 5.91 Å². The lowest BCUT2D eigenvalue weighted by atomic mass is 9.99. The fourth-order valence-electron chi connectivity index (χ4n) is 2.07. The molecule has 1 heterocycles. The molecule has 18 heavy (non-hydrogen) atoms. The van der Waals surface area contributed by atoms with Crippen molar-refractivity contribution in [1.82, 2.24) is 4.90 Å². The zero-order valence-corrected chi connectivity index (χ0v) is 13.6. The Bertz CT molecular complexity index is 313. The van der Waals surface area contributed by atoms with E-state index >= 15 is 0 Å². The minimum Gasteiger partial charge on any atom is -0.396 e. The van der Waals surface area contributed by atoms with Gasteiger partial charge < -0.3 is 10.0 Å². The Balaban J connectivity index is 2.68. The van der Waals surface area contributed by atoms with E-state index in [0.717, 1.165) is 6.54 Å². The Morgan fingerprint density at radius 2 is 2.17 bits per heavy atom. The van der Waals surface area contributed by atoms with Crippen LogP contribution in [0.3, 0.4) is 0 Å². The van der Waals surface area contributed by atoms with Crippen molar-refractivity contribution >= 4 is 15.4 Å². The molecule has 0 unspecified atom stereocenters. The molecule has 104 valence electrons. The summed E-state index contributed by atoms with van der Waals surface area (Å²) in [5.74, 6) is 0.940. The van der Waals surface area contributed by atoms with Gasteiger partial charge in [0.15, 0.2) is 0 Å². The molecule has 0 aliphatic carbocycles. The number of nitrogens with zero attached hydrogens (tertiary/aromatic N) is 1. The number of hydrogen-bond acceptors (Lipinski definition) is 2. The van der Waals surface area contributed by atoms with Crippen LogP contribution in [0.1, 0.15) is 40.5 Å². The topological polar surface area (TPSA) is 40.5 Å². The number of rotatable bonds is 7. The number of hydrogen-bond donors (Lipinski definition) is 1. The molecular weight excluding hydrogens is 242 g/mol. The summed E-state index contributed by atoms with van der Waals surface area (Å²) in [6.07, 6.45) is 5.58. The molecule has 1 N–H and O–H groups in total. The first-order valence-electron chi connectivity index (χ1n) is 6.95. The minimum absolute atomic E-state index is 0.187. The van der Waals surface area contributed by atoms with E-state index in [1.807, 2.05) is 11.0 Å². The van der Waals surface area contributed by atoms with Gasteiger partial charge in [-0.1, -0.05) is 39.8 Å². The van der Waals surface area contributed by atoms with Crippen LogP contribution in [0, 0.1) is 5.92 Å². The van der Waals surface area contributed by atoms with Crippen molar-refractivity contribution in [2.24, 2.45) is 5.92 Å². The molecule has 0 aromatic carbocycles. The molecule has 1 rings (SSSR count). The van der Waals surface area contributed by atoms with E-state index in [1.165, 1.54) is 0 Å². The molecule has 1 aliphatic heterocycles. The summed E-state index contributed by atoms with van der Waals surface area (Å²) >= 11 is 0. The number of aliphatic hydroxyl groups excluding tert-OH is 1. The van der Waals surface area contributed by atoms with Crippen LogP contribution >= 0.6 is 0 Å². The Morgan fingerprint density at radius 1 is 1.50 bits per heavy atom. The lowest BCUT2D eigenvalue weighted by molar-refractivity contribution is -0.140. The smallest absolute Gasteiger partial charge is 0.224 e. The molecule has 3 nitrogen and oxygen atoms in total. The maximum Gasteiger partial charge on any atom is 0.224 e. The average Bonchev–Trinajstić information content (AvgIpc) is 2.26. The first-order valence-corrected chi connectivity index (χ1v) is 8.48. The highest BCUT2D eigenvalue weighted by Gasteiger charge is 2.34. The van der Waals surface area contributed by atoms with Crippen molar-refractivity contribution in [1.29, 1.82) is 0 Å². The van der Waals surface area contributed by atoms with Crippen molar-refractivity contribution in [3.05, 3.63) is 12.2 Å². The van der Waals surface area contributed by atoms with Crippen molar-refractivity contribution in [2.75, 3.05) is 13.2 Å². The Kier molecular flexibility index (Phi) is 5.60. The minimum atomic E-state index is -0.425. The Hall–Kier alpha value is -0.613. The molecule has 0 spiro atoms. The zero-order chi connectivity index (χ0) is 13.8. The van der Waals surface area contributed by atoms with Gasteiger partial charge in [0.25, 0.3) is 0 Å². The van der Waals surface area contributed by atoms with Crippen molar-refractivity contribution in [2.45, 2.75) is 51.2 Å². The molecule has 0 aromatic heterocycles. The van der Waals surface area contributed by atoms with Crippen LogP contribution < -0.4 is 0 Å². The number of aliphatic hydroxyl groups is 1. The summed E-state index contributed by atoms with van der Waals surface area (Å²) in [7, 11) is -0.425. The highest BCUT2D eigenvalue weighted by atomic mass is 28.2. The second-order valence-electron chi connectivity index (χ2n) is 6.19. The van der Waals surface area contributed by atoms with E-state index in [0.29, 0.717) is 35.4 Å². The van der Waals surface area contributed by atoms with Crippen molar-refractivity contribution in [3.8, 4) is 0 Å². The van der Waals surface area contributed by atoms with Gasteiger partial charge in [0, 0.05) is 25.2 Å².